The Balaban J connectivity index is 1.19. The molecule has 11 heteroatoms. The van der Waals surface area contributed by atoms with Crippen molar-refractivity contribution in [1.82, 2.24) is 0 Å². The number of sulfonamides is 2. The number of halogens is 1. The van der Waals surface area contributed by atoms with Crippen LogP contribution in [0.25, 0.3) is 10.8 Å². The number of benzene rings is 4. The summed E-state index contributed by atoms with van der Waals surface area (Å²) in [5, 5.41) is 4.30. The molecule has 2 N–H and O–H groups in total. The van der Waals surface area contributed by atoms with Gasteiger partial charge in [0.25, 0.3) is 20.0 Å². The number of nitrogens with zero attached hydrogens (tertiary/aromatic N) is 1. The monoisotopic (exact) mass is 599 g/mol. The van der Waals surface area contributed by atoms with Gasteiger partial charge in [0.1, 0.15) is 0 Å². The fraction of sp³-hybridized carbons (Fsp3) is 0.115. The van der Waals surface area contributed by atoms with Gasteiger partial charge in [-0.2, -0.15) is 0 Å². The molecule has 0 spiro atoms. The molecule has 0 aliphatic carbocycles. The second-order valence-corrected chi connectivity index (χ2v) is 12.9. The Kier molecular flexibility index (Phi) is 6.69. The van der Waals surface area contributed by atoms with Crippen LogP contribution in [0.1, 0.15) is 12.8 Å². The molecule has 0 radical (unpaired) electrons. The normalized spacial score (nSPS) is 14.0. The number of carbonyl (C=O) groups is 1. The maximum absolute atomic E-state index is 13.0. The molecule has 4 aromatic rings. The number of amides is 1. The number of carbonyl (C=O) groups excluding carboxylic acids is 1. The quantitative estimate of drug-likeness (QED) is 0.284. The Bertz CT molecular complexity index is 1700. The number of hydrogen-bond donors (Lipinski definition) is 2. The molecule has 1 aliphatic heterocycles. The molecular weight excluding hydrogens is 578 g/mol. The van der Waals surface area contributed by atoms with E-state index < -0.39 is 20.0 Å². The minimum Gasteiger partial charge on any atom is -0.326 e. The third-order valence-electron chi connectivity index (χ3n) is 5.99. The first-order valence-electron chi connectivity index (χ1n) is 11.4. The highest BCUT2D eigenvalue weighted by atomic mass is 79.9. The zero-order valence-corrected chi connectivity index (χ0v) is 22.6. The zero-order valence-electron chi connectivity index (χ0n) is 19.4. The third-order valence-corrected chi connectivity index (χ3v) is 9.77. The average Bonchev–Trinajstić information content (AvgIpc) is 3.09. The Labute approximate surface area is 223 Å². The lowest BCUT2D eigenvalue weighted by Gasteiger charge is -2.18. The van der Waals surface area contributed by atoms with E-state index in [2.05, 4.69) is 26.0 Å². The standard InChI is InChI=1S/C26H22BrN3O5S2/c27-19-9-11-21(12-10-19)29-36(32,33)22-15-13-20(14-16-22)28-25(31)8-3-17-30-23-6-1-4-18-5-2-7-24(26(18)23)37(30,34)35/h1-2,4-7,9-16,29H,3,8,17H2,(H,28,31). The van der Waals surface area contributed by atoms with Gasteiger partial charge in [-0.05, 0) is 72.5 Å². The molecule has 1 aliphatic rings. The van der Waals surface area contributed by atoms with Crippen LogP contribution in [0.4, 0.5) is 17.1 Å². The smallest absolute Gasteiger partial charge is 0.265 e. The lowest BCUT2D eigenvalue weighted by Crippen LogP contribution is -2.28. The molecule has 0 unspecified atom stereocenters. The van der Waals surface area contributed by atoms with Gasteiger partial charge in [-0.1, -0.05) is 40.2 Å². The SMILES string of the molecule is O=C(CCCN1c2cccc3cccc(c23)S1(=O)=O)Nc1ccc(S(=O)(=O)Nc2ccc(Br)cc2)cc1. The van der Waals surface area contributed by atoms with Crippen LogP contribution in [0, 0.1) is 0 Å². The molecule has 8 nitrogen and oxygen atoms in total. The van der Waals surface area contributed by atoms with Gasteiger partial charge in [0.15, 0.2) is 0 Å². The second kappa shape index (κ2) is 9.81. The predicted molar refractivity (Wildman–Crippen MR) is 148 cm³/mol. The summed E-state index contributed by atoms with van der Waals surface area (Å²) < 4.78 is 56.0. The first kappa shape index (κ1) is 25.2. The molecule has 0 saturated heterocycles. The van der Waals surface area contributed by atoms with E-state index >= 15 is 0 Å². The summed E-state index contributed by atoms with van der Waals surface area (Å²) in [5.41, 5.74) is 1.50. The molecule has 190 valence electrons. The Morgan fingerprint density at radius 1 is 0.865 bits per heavy atom. The molecule has 37 heavy (non-hydrogen) atoms. The van der Waals surface area contributed by atoms with Crippen LogP contribution in [0.3, 0.4) is 0 Å². The highest BCUT2D eigenvalue weighted by molar-refractivity contribution is 9.10. The number of nitrogens with one attached hydrogen (secondary N) is 2. The molecule has 0 bridgehead atoms. The van der Waals surface area contributed by atoms with Crippen LogP contribution in [0.5, 0.6) is 0 Å². The molecule has 0 atom stereocenters. The van der Waals surface area contributed by atoms with Gasteiger partial charge < -0.3 is 5.32 Å². The van der Waals surface area contributed by atoms with E-state index in [0.717, 1.165) is 9.86 Å². The van der Waals surface area contributed by atoms with Crippen LogP contribution >= 0.6 is 15.9 Å². The number of anilines is 3. The van der Waals surface area contributed by atoms with Gasteiger partial charge in [-0.15, -0.1) is 0 Å². The molecule has 0 fully saturated rings. The summed E-state index contributed by atoms with van der Waals surface area (Å²) in [5.74, 6) is -0.295. The largest absolute Gasteiger partial charge is 0.326 e. The maximum Gasteiger partial charge on any atom is 0.265 e. The molecule has 0 aromatic heterocycles. The number of hydrogen-bond acceptors (Lipinski definition) is 5. The minimum atomic E-state index is -3.79. The summed E-state index contributed by atoms with van der Waals surface area (Å²) in [7, 11) is -7.45. The highest BCUT2D eigenvalue weighted by Gasteiger charge is 2.35. The lowest BCUT2D eigenvalue weighted by molar-refractivity contribution is -0.116. The summed E-state index contributed by atoms with van der Waals surface area (Å²) in [6.45, 7) is 0.169. The van der Waals surface area contributed by atoms with Crippen molar-refractivity contribution >= 4 is 69.7 Å². The number of rotatable bonds is 8. The molecule has 1 heterocycles. The minimum absolute atomic E-state index is 0.0569. The van der Waals surface area contributed by atoms with Crippen LogP contribution in [0.15, 0.2) is 99.2 Å². The third kappa shape index (κ3) is 5.07. The van der Waals surface area contributed by atoms with Crippen molar-refractivity contribution in [2.45, 2.75) is 22.6 Å². The first-order valence-corrected chi connectivity index (χ1v) is 15.1. The summed E-state index contributed by atoms with van der Waals surface area (Å²) in [4.78, 5) is 12.8. The molecule has 4 aromatic carbocycles. The van der Waals surface area contributed by atoms with Crippen LogP contribution in [-0.4, -0.2) is 29.3 Å². The van der Waals surface area contributed by atoms with Gasteiger partial charge in [0.2, 0.25) is 5.91 Å². The van der Waals surface area contributed by atoms with Crippen LogP contribution in [-0.2, 0) is 24.8 Å². The van der Waals surface area contributed by atoms with Crippen molar-refractivity contribution in [1.29, 1.82) is 0 Å². The molecule has 5 rings (SSSR count). The van der Waals surface area contributed by atoms with Crippen molar-refractivity contribution in [2.24, 2.45) is 0 Å². The predicted octanol–water partition coefficient (Wildman–Crippen LogP) is 5.33. The summed E-state index contributed by atoms with van der Waals surface area (Å²) >= 11 is 3.31. The van der Waals surface area contributed by atoms with Crippen molar-refractivity contribution in [2.75, 3.05) is 20.9 Å². The van der Waals surface area contributed by atoms with E-state index in [4.69, 9.17) is 0 Å². The van der Waals surface area contributed by atoms with Crippen LogP contribution in [0.2, 0.25) is 0 Å². The van der Waals surface area contributed by atoms with Crippen molar-refractivity contribution in [3.8, 4) is 0 Å². The fourth-order valence-corrected chi connectivity index (χ4v) is 7.33. The summed E-state index contributed by atoms with van der Waals surface area (Å²) in [6, 6.07) is 23.3. The van der Waals surface area contributed by atoms with E-state index in [1.165, 1.54) is 28.6 Å². The average molecular weight is 601 g/mol. The summed E-state index contributed by atoms with van der Waals surface area (Å²) in [6.07, 6.45) is 0.419. The van der Waals surface area contributed by atoms with E-state index in [1.807, 2.05) is 18.2 Å². The Hall–Kier alpha value is -3.41. The molecule has 0 saturated carbocycles. The topological polar surface area (TPSA) is 113 Å². The molecular formula is C26H22BrN3O5S2. The fourth-order valence-electron chi connectivity index (χ4n) is 4.26. The van der Waals surface area contributed by atoms with Crippen molar-refractivity contribution in [3.05, 3.63) is 89.4 Å². The van der Waals surface area contributed by atoms with Gasteiger partial charge >= 0.3 is 0 Å². The Morgan fingerprint density at radius 3 is 2.22 bits per heavy atom. The highest BCUT2D eigenvalue weighted by Crippen LogP contribution is 2.42. The first-order chi connectivity index (χ1) is 17.6. The lowest BCUT2D eigenvalue weighted by atomic mass is 10.1. The second-order valence-electron chi connectivity index (χ2n) is 8.50. The van der Waals surface area contributed by atoms with E-state index in [0.29, 0.717) is 28.9 Å². The van der Waals surface area contributed by atoms with Crippen LogP contribution < -0.4 is 14.3 Å². The van der Waals surface area contributed by atoms with Gasteiger partial charge in [0, 0.05) is 34.2 Å². The van der Waals surface area contributed by atoms with Gasteiger partial charge in [-0.3, -0.25) is 13.8 Å². The van der Waals surface area contributed by atoms with E-state index in [9.17, 15) is 21.6 Å². The van der Waals surface area contributed by atoms with Crippen molar-refractivity contribution in [3.63, 3.8) is 0 Å². The van der Waals surface area contributed by atoms with Gasteiger partial charge in [0.05, 0.1) is 15.5 Å². The molecule has 1 amide bonds. The van der Waals surface area contributed by atoms with Gasteiger partial charge in [-0.25, -0.2) is 16.8 Å². The van der Waals surface area contributed by atoms with E-state index in [1.54, 1.807) is 42.5 Å². The van der Waals surface area contributed by atoms with Crippen molar-refractivity contribution < 1.29 is 21.6 Å². The zero-order chi connectivity index (χ0) is 26.2. The van der Waals surface area contributed by atoms with E-state index in [-0.39, 0.29) is 28.7 Å². The Morgan fingerprint density at radius 2 is 1.51 bits per heavy atom. The maximum atomic E-state index is 13.0.